The predicted molar refractivity (Wildman–Crippen MR) is 64.8 cm³/mol. The fraction of sp³-hybridized carbons (Fsp3) is 0.750. The molecule has 0 spiro atoms. The molecule has 0 heterocycles. The van der Waals surface area contributed by atoms with Gasteiger partial charge in [0.1, 0.15) is 0 Å². The molecule has 3 N–H and O–H groups in total. The van der Waals surface area contributed by atoms with Gasteiger partial charge >= 0.3 is 5.97 Å². The first kappa shape index (κ1) is 14.5. The largest absolute Gasteiger partial charge is 0.481 e. The van der Waals surface area contributed by atoms with E-state index in [0.29, 0.717) is 19.3 Å². The fourth-order valence-corrected chi connectivity index (χ4v) is 2.13. The van der Waals surface area contributed by atoms with Crippen LogP contribution in [0.5, 0.6) is 0 Å². The van der Waals surface area contributed by atoms with E-state index in [-0.39, 0.29) is 30.3 Å². The van der Waals surface area contributed by atoms with Crippen molar-refractivity contribution in [2.75, 3.05) is 6.54 Å². The Kier molecular flexibility index (Phi) is 5.12. The molecule has 0 aromatic carbocycles. The number of amides is 2. The molecule has 1 aliphatic carbocycles. The van der Waals surface area contributed by atoms with Gasteiger partial charge in [-0.2, -0.15) is 0 Å². The van der Waals surface area contributed by atoms with E-state index in [9.17, 15) is 14.4 Å². The summed E-state index contributed by atoms with van der Waals surface area (Å²) in [5, 5.41) is 14.0. The molecular formula is C12H20N2O4. The van der Waals surface area contributed by atoms with Gasteiger partial charge in [0.05, 0.1) is 12.5 Å². The highest BCUT2D eigenvalue weighted by atomic mass is 16.4. The molecule has 0 unspecified atom stereocenters. The summed E-state index contributed by atoms with van der Waals surface area (Å²) in [7, 11) is 0. The van der Waals surface area contributed by atoms with Crippen molar-refractivity contribution in [1.29, 1.82) is 0 Å². The number of hydrogen-bond donors (Lipinski definition) is 3. The summed E-state index contributed by atoms with van der Waals surface area (Å²) in [5.41, 5.74) is 0. The SMILES string of the molecule is CC(C)NC(=O)CNC(=O)[C@@H]1CC[C@H](C(=O)O)C1. The van der Waals surface area contributed by atoms with Crippen LogP contribution in [0.3, 0.4) is 0 Å². The molecule has 2 amide bonds. The van der Waals surface area contributed by atoms with E-state index in [0.717, 1.165) is 0 Å². The van der Waals surface area contributed by atoms with Gasteiger partial charge in [0.15, 0.2) is 0 Å². The third-order valence-corrected chi connectivity index (χ3v) is 3.03. The molecule has 1 saturated carbocycles. The molecule has 18 heavy (non-hydrogen) atoms. The molecule has 0 aromatic heterocycles. The number of rotatable bonds is 5. The van der Waals surface area contributed by atoms with Crippen molar-refractivity contribution in [3.8, 4) is 0 Å². The lowest BCUT2D eigenvalue weighted by atomic mass is 10.0. The lowest BCUT2D eigenvalue weighted by Crippen LogP contribution is -2.41. The van der Waals surface area contributed by atoms with Crippen LogP contribution in [-0.4, -0.2) is 35.5 Å². The number of aliphatic carboxylic acids is 1. The molecule has 1 fully saturated rings. The average molecular weight is 256 g/mol. The Hall–Kier alpha value is -1.59. The minimum absolute atomic E-state index is 0.0391. The lowest BCUT2D eigenvalue weighted by Gasteiger charge is -2.12. The fourth-order valence-electron chi connectivity index (χ4n) is 2.13. The van der Waals surface area contributed by atoms with Crippen LogP contribution >= 0.6 is 0 Å². The summed E-state index contributed by atoms with van der Waals surface area (Å²) in [6.07, 6.45) is 1.48. The van der Waals surface area contributed by atoms with Gasteiger partial charge < -0.3 is 15.7 Å². The van der Waals surface area contributed by atoms with E-state index in [1.54, 1.807) is 0 Å². The zero-order chi connectivity index (χ0) is 13.7. The molecular weight excluding hydrogens is 236 g/mol. The number of carbonyl (C=O) groups excluding carboxylic acids is 2. The van der Waals surface area contributed by atoms with E-state index >= 15 is 0 Å². The van der Waals surface area contributed by atoms with Crippen LogP contribution in [0.2, 0.25) is 0 Å². The van der Waals surface area contributed by atoms with Crippen LogP contribution in [0.1, 0.15) is 33.1 Å². The minimum atomic E-state index is -0.845. The van der Waals surface area contributed by atoms with Crippen LogP contribution in [0.25, 0.3) is 0 Å². The van der Waals surface area contributed by atoms with E-state index in [2.05, 4.69) is 10.6 Å². The molecule has 1 aliphatic rings. The lowest BCUT2D eigenvalue weighted by molar-refractivity contribution is -0.141. The topological polar surface area (TPSA) is 95.5 Å². The molecule has 2 atom stereocenters. The van der Waals surface area contributed by atoms with Crippen molar-refractivity contribution in [3.05, 3.63) is 0 Å². The molecule has 0 bridgehead atoms. The van der Waals surface area contributed by atoms with Crippen molar-refractivity contribution < 1.29 is 19.5 Å². The first-order valence-electron chi connectivity index (χ1n) is 6.20. The predicted octanol–water partition coefficient (Wildman–Crippen LogP) is 0.128. The Labute approximate surface area is 106 Å². The zero-order valence-electron chi connectivity index (χ0n) is 10.7. The van der Waals surface area contributed by atoms with Crippen LogP contribution in [-0.2, 0) is 14.4 Å². The van der Waals surface area contributed by atoms with Crippen LogP contribution in [0.15, 0.2) is 0 Å². The van der Waals surface area contributed by atoms with Gasteiger partial charge in [-0.25, -0.2) is 0 Å². The number of nitrogens with one attached hydrogen (secondary N) is 2. The first-order chi connectivity index (χ1) is 8.40. The quantitative estimate of drug-likeness (QED) is 0.651. The maximum atomic E-state index is 11.7. The van der Waals surface area contributed by atoms with Gasteiger partial charge in [0.2, 0.25) is 11.8 Å². The zero-order valence-corrected chi connectivity index (χ0v) is 10.7. The molecule has 6 heteroatoms. The van der Waals surface area contributed by atoms with Crippen LogP contribution in [0, 0.1) is 11.8 Å². The Balaban J connectivity index is 2.30. The van der Waals surface area contributed by atoms with Crippen molar-refractivity contribution in [3.63, 3.8) is 0 Å². The van der Waals surface area contributed by atoms with Crippen molar-refractivity contribution in [2.45, 2.75) is 39.2 Å². The van der Waals surface area contributed by atoms with Gasteiger partial charge in [0, 0.05) is 12.0 Å². The second-order valence-corrected chi connectivity index (χ2v) is 4.99. The standard InChI is InChI=1S/C12H20N2O4/c1-7(2)14-10(15)6-13-11(16)8-3-4-9(5-8)12(17)18/h7-9H,3-6H2,1-2H3,(H,13,16)(H,14,15)(H,17,18)/t8-,9+/m1/s1. The Morgan fingerprint density at radius 2 is 1.83 bits per heavy atom. The van der Waals surface area contributed by atoms with E-state index in [1.165, 1.54) is 0 Å². The van der Waals surface area contributed by atoms with E-state index in [1.807, 2.05) is 13.8 Å². The smallest absolute Gasteiger partial charge is 0.306 e. The number of hydrogen-bond acceptors (Lipinski definition) is 3. The Morgan fingerprint density at radius 1 is 1.22 bits per heavy atom. The van der Waals surface area contributed by atoms with Crippen molar-refractivity contribution >= 4 is 17.8 Å². The van der Waals surface area contributed by atoms with E-state index in [4.69, 9.17) is 5.11 Å². The number of carboxylic acid groups (broad SMARTS) is 1. The van der Waals surface area contributed by atoms with E-state index < -0.39 is 11.9 Å². The Morgan fingerprint density at radius 3 is 2.33 bits per heavy atom. The summed E-state index contributed by atoms with van der Waals surface area (Å²) in [5.74, 6) is -2.00. The Bertz CT molecular complexity index is 341. The highest BCUT2D eigenvalue weighted by Crippen LogP contribution is 2.30. The average Bonchev–Trinajstić information content (AvgIpc) is 2.74. The van der Waals surface area contributed by atoms with Crippen molar-refractivity contribution in [2.24, 2.45) is 11.8 Å². The summed E-state index contributed by atoms with van der Waals surface area (Å²) >= 11 is 0. The highest BCUT2D eigenvalue weighted by Gasteiger charge is 2.33. The van der Waals surface area contributed by atoms with Gasteiger partial charge in [-0.1, -0.05) is 0 Å². The summed E-state index contributed by atoms with van der Waals surface area (Å²) in [6.45, 7) is 3.63. The number of carboxylic acids is 1. The summed E-state index contributed by atoms with van der Waals surface area (Å²) < 4.78 is 0. The normalized spacial score (nSPS) is 22.8. The molecule has 102 valence electrons. The van der Waals surface area contributed by atoms with Gasteiger partial charge in [-0.3, -0.25) is 14.4 Å². The molecule has 1 rings (SSSR count). The van der Waals surface area contributed by atoms with Crippen molar-refractivity contribution in [1.82, 2.24) is 10.6 Å². The molecule has 0 aliphatic heterocycles. The van der Waals surface area contributed by atoms with Crippen LogP contribution in [0.4, 0.5) is 0 Å². The third kappa shape index (κ3) is 4.35. The van der Waals surface area contributed by atoms with Gasteiger partial charge in [-0.05, 0) is 33.1 Å². The second kappa shape index (κ2) is 6.37. The summed E-state index contributed by atoms with van der Waals surface area (Å²) in [6, 6.07) is 0.0391. The van der Waals surface area contributed by atoms with Gasteiger partial charge in [-0.15, -0.1) is 0 Å². The first-order valence-corrected chi connectivity index (χ1v) is 6.20. The maximum Gasteiger partial charge on any atom is 0.306 e. The van der Waals surface area contributed by atoms with Gasteiger partial charge in [0.25, 0.3) is 0 Å². The number of carbonyl (C=O) groups is 3. The molecule has 0 radical (unpaired) electrons. The highest BCUT2D eigenvalue weighted by molar-refractivity contribution is 5.86. The maximum absolute atomic E-state index is 11.7. The third-order valence-electron chi connectivity index (χ3n) is 3.03. The minimum Gasteiger partial charge on any atom is -0.481 e. The van der Waals surface area contributed by atoms with Crippen LogP contribution < -0.4 is 10.6 Å². The summed E-state index contributed by atoms with van der Waals surface area (Å²) in [4.78, 5) is 33.8. The second-order valence-electron chi connectivity index (χ2n) is 4.99. The molecule has 6 nitrogen and oxygen atoms in total. The molecule has 0 aromatic rings. The molecule has 0 saturated heterocycles. The monoisotopic (exact) mass is 256 g/mol.